The van der Waals surface area contributed by atoms with Crippen LogP contribution >= 0.6 is 12.4 Å². The number of fused-ring (bicyclic) bond motifs is 4. The highest BCUT2D eigenvalue weighted by atomic mass is 35.5. The van der Waals surface area contributed by atoms with Crippen molar-refractivity contribution in [2.24, 2.45) is 0 Å². The Balaban J connectivity index is 0.00000272. The van der Waals surface area contributed by atoms with E-state index in [1.807, 2.05) is 19.0 Å². The van der Waals surface area contributed by atoms with E-state index < -0.39 is 11.6 Å². The van der Waals surface area contributed by atoms with Crippen LogP contribution in [0.15, 0.2) is 39.5 Å². The lowest BCUT2D eigenvalue weighted by Gasteiger charge is -2.35. The lowest BCUT2D eigenvalue weighted by atomic mass is 9.88. The average molecular weight is 448 g/mol. The number of rotatable bonds is 5. The first-order chi connectivity index (χ1) is 14.2. The summed E-state index contributed by atoms with van der Waals surface area (Å²) in [6.45, 7) is 4.81. The Morgan fingerprint density at radius 3 is 2.68 bits per heavy atom. The highest BCUT2D eigenvalue weighted by molar-refractivity contribution is 6.00. The number of likely N-dealkylation sites (N-methyl/N-ethyl adjacent to an activating group) is 1. The Morgan fingerprint density at radius 2 is 2.00 bits per heavy atom. The molecule has 31 heavy (non-hydrogen) atoms. The molecule has 1 unspecified atom stereocenters. The zero-order valence-electron chi connectivity index (χ0n) is 17.9. The molecule has 0 saturated heterocycles. The van der Waals surface area contributed by atoms with E-state index in [2.05, 4.69) is 5.32 Å². The summed E-state index contributed by atoms with van der Waals surface area (Å²) >= 11 is 0. The zero-order valence-corrected chi connectivity index (χ0v) is 18.7. The number of halogens is 1. The number of nitrogens with one attached hydrogen (secondary N) is 1. The van der Waals surface area contributed by atoms with Crippen LogP contribution in [-0.2, 0) is 6.42 Å². The van der Waals surface area contributed by atoms with E-state index in [4.69, 9.17) is 9.15 Å². The number of nitro groups is 1. The van der Waals surface area contributed by atoms with E-state index in [0.29, 0.717) is 45.5 Å². The van der Waals surface area contributed by atoms with Gasteiger partial charge in [-0.25, -0.2) is 0 Å². The van der Waals surface area contributed by atoms with Crippen LogP contribution in [0.2, 0.25) is 0 Å². The highest BCUT2D eigenvalue weighted by Gasteiger charge is 2.46. The van der Waals surface area contributed by atoms with Gasteiger partial charge in [0.2, 0.25) is 5.43 Å². The van der Waals surface area contributed by atoms with Crippen LogP contribution in [0.4, 0.5) is 5.69 Å². The van der Waals surface area contributed by atoms with Gasteiger partial charge in [-0.05, 0) is 40.1 Å². The molecule has 1 aliphatic rings. The fraction of sp³-hybridized carbons (Fsp3) is 0.409. The van der Waals surface area contributed by atoms with Crippen molar-refractivity contribution in [1.29, 1.82) is 0 Å². The second-order valence-corrected chi connectivity index (χ2v) is 8.47. The van der Waals surface area contributed by atoms with Crippen LogP contribution in [0.1, 0.15) is 19.4 Å². The van der Waals surface area contributed by atoms with Crippen molar-refractivity contribution in [2.75, 3.05) is 32.5 Å². The molecule has 8 nitrogen and oxygen atoms in total. The number of hydrogen-bond donors (Lipinski definition) is 1. The molecular weight excluding hydrogens is 422 g/mol. The third kappa shape index (κ3) is 4.05. The smallest absolute Gasteiger partial charge is 0.255 e. The first kappa shape index (κ1) is 22.8. The fourth-order valence-electron chi connectivity index (χ4n) is 3.96. The van der Waals surface area contributed by atoms with Gasteiger partial charge in [-0.2, -0.15) is 0 Å². The molecule has 1 N–H and O–H groups in total. The average Bonchev–Trinajstić information content (AvgIpc) is 2.66. The number of benzene rings is 2. The second-order valence-electron chi connectivity index (χ2n) is 8.47. The van der Waals surface area contributed by atoms with Gasteiger partial charge in [0.1, 0.15) is 16.9 Å². The van der Waals surface area contributed by atoms with Crippen molar-refractivity contribution in [3.05, 3.63) is 56.2 Å². The molecule has 0 aliphatic carbocycles. The maximum Gasteiger partial charge on any atom is 0.255 e. The molecule has 0 saturated carbocycles. The molecule has 0 fully saturated rings. The van der Waals surface area contributed by atoms with E-state index >= 15 is 0 Å². The number of hydrogen-bond acceptors (Lipinski definition) is 7. The van der Waals surface area contributed by atoms with Crippen LogP contribution in [0.5, 0.6) is 5.75 Å². The summed E-state index contributed by atoms with van der Waals surface area (Å²) in [5.74, 6) is 0.511. The van der Waals surface area contributed by atoms with Gasteiger partial charge < -0.3 is 19.4 Å². The monoisotopic (exact) mass is 447 g/mol. The summed E-state index contributed by atoms with van der Waals surface area (Å²) in [6, 6.07) is 7.87. The summed E-state index contributed by atoms with van der Waals surface area (Å²) in [5, 5.41) is 15.9. The molecule has 2 aromatic carbocycles. The van der Waals surface area contributed by atoms with Crippen molar-refractivity contribution in [1.82, 2.24) is 4.90 Å². The van der Waals surface area contributed by atoms with E-state index in [9.17, 15) is 14.9 Å². The molecular formula is C22H26ClN3O5. The van der Waals surface area contributed by atoms with Crippen LogP contribution in [0, 0.1) is 10.1 Å². The Hall–Kier alpha value is -2.84. The molecule has 1 aromatic heterocycles. The van der Waals surface area contributed by atoms with Crippen molar-refractivity contribution < 1.29 is 14.1 Å². The zero-order chi connectivity index (χ0) is 21.6. The van der Waals surface area contributed by atoms with Crippen molar-refractivity contribution in [3.63, 3.8) is 0 Å². The largest absolute Gasteiger partial charge is 0.480 e. The molecule has 1 aliphatic heterocycles. The quantitative estimate of drug-likeness (QED) is 0.361. The summed E-state index contributed by atoms with van der Waals surface area (Å²) in [5.41, 5.74) is 0.829. The predicted molar refractivity (Wildman–Crippen MR) is 123 cm³/mol. The number of anilines is 1. The molecule has 1 atom stereocenters. The lowest BCUT2D eigenvalue weighted by molar-refractivity contribution is -0.542. The summed E-state index contributed by atoms with van der Waals surface area (Å²) in [4.78, 5) is 26.7. The highest BCUT2D eigenvalue weighted by Crippen LogP contribution is 2.41. The predicted octanol–water partition coefficient (Wildman–Crippen LogP) is 3.70. The Bertz CT molecular complexity index is 1210. The molecule has 9 heteroatoms. The van der Waals surface area contributed by atoms with Gasteiger partial charge in [-0.15, -0.1) is 12.4 Å². The van der Waals surface area contributed by atoms with Crippen LogP contribution in [-0.4, -0.2) is 48.7 Å². The lowest BCUT2D eigenvalue weighted by Crippen LogP contribution is -2.50. The SMILES string of the molecule is CN(C)CCNc1cc2c(c3oc4ccccc4c(=O)c13)CC([N+](=O)[O-])C(C)(C)O2.Cl. The summed E-state index contributed by atoms with van der Waals surface area (Å²) in [7, 11) is 3.94. The first-order valence-electron chi connectivity index (χ1n) is 9.91. The van der Waals surface area contributed by atoms with Crippen molar-refractivity contribution >= 4 is 40.0 Å². The van der Waals surface area contributed by atoms with Gasteiger partial charge in [-0.1, -0.05) is 12.1 Å². The molecule has 0 radical (unpaired) electrons. The van der Waals surface area contributed by atoms with E-state index in [1.54, 1.807) is 44.2 Å². The fourth-order valence-corrected chi connectivity index (χ4v) is 3.96. The Labute approximate surface area is 185 Å². The molecule has 2 heterocycles. The van der Waals surface area contributed by atoms with Gasteiger partial charge >= 0.3 is 0 Å². The van der Waals surface area contributed by atoms with Crippen molar-refractivity contribution in [2.45, 2.75) is 31.9 Å². The van der Waals surface area contributed by atoms with Crippen LogP contribution < -0.4 is 15.5 Å². The van der Waals surface area contributed by atoms with Crippen LogP contribution in [0.25, 0.3) is 21.9 Å². The van der Waals surface area contributed by atoms with Crippen LogP contribution in [0.3, 0.4) is 0 Å². The molecule has 0 bridgehead atoms. The van der Waals surface area contributed by atoms with Gasteiger partial charge in [0.05, 0.1) is 22.9 Å². The standard InChI is InChI=1S/C22H25N3O5.ClH/c1-22(2)18(25(27)28)11-14-17(30-22)12-15(23-9-10-24(3)4)19-20(26)13-7-5-6-8-16(13)29-21(14)19;/h5-8,12,18,23H,9-11H2,1-4H3;1H. The maximum atomic E-state index is 13.3. The summed E-state index contributed by atoms with van der Waals surface area (Å²) < 4.78 is 12.2. The minimum atomic E-state index is -0.984. The van der Waals surface area contributed by atoms with Crippen molar-refractivity contribution in [3.8, 4) is 5.75 Å². The maximum absolute atomic E-state index is 13.3. The Kier molecular flexibility index (Phi) is 6.16. The molecule has 4 rings (SSSR count). The number of ether oxygens (including phenoxy) is 1. The van der Waals surface area contributed by atoms with Gasteiger partial charge in [0.25, 0.3) is 6.04 Å². The molecule has 166 valence electrons. The Morgan fingerprint density at radius 1 is 1.29 bits per heavy atom. The van der Waals surface area contributed by atoms with E-state index in [-0.39, 0.29) is 29.2 Å². The summed E-state index contributed by atoms with van der Waals surface area (Å²) in [6.07, 6.45) is 0.130. The minimum absolute atomic E-state index is 0. The molecule has 0 amide bonds. The third-order valence-electron chi connectivity index (χ3n) is 5.62. The number of para-hydroxylation sites is 1. The number of nitrogens with zero attached hydrogens (tertiary/aromatic N) is 2. The molecule has 3 aromatic rings. The molecule has 0 spiro atoms. The van der Waals surface area contributed by atoms with Gasteiger partial charge in [0.15, 0.2) is 5.60 Å². The minimum Gasteiger partial charge on any atom is -0.480 e. The second kappa shape index (κ2) is 8.36. The first-order valence-corrected chi connectivity index (χ1v) is 9.91. The van der Waals surface area contributed by atoms with E-state index in [1.165, 1.54) is 0 Å². The van der Waals surface area contributed by atoms with Gasteiger partial charge in [-0.3, -0.25) is 14.9 Å². The van der Waals surface area contributed by atoms with Gasteiger partial charge in [0, 0.05) is 29.6 Å². The third-order valence-corrected chi connectivity index (χ3v) is 5.62. The van der Waals surface area contributed by atoms with E-state index in [0.717, 1.165) is 6.54 Å². The normalized spacial score (nSPS) is 17.1. The topological polar surface area (TPSA) is 97.9 Å².